The first kappa shape index (κ1) is 23.6. The van der Waals surface area contributed by atoms with Gasteiger partial charge < -0.3 is 15.5 Å². The number of hydrogen-bond acceptors (Lipinski definition) is 4. The highest BCUT2D eigenvalue weighted by Crippen LogP contribution is 2.18. The van der Waals surface area contributed by atoms with Gasteiger partial charge in [0.2, 0.25) is 0 Å². The SMILES string of the molecule is Cc1c(NC(=O)c2cccc(NC(=O)c3cccc(N(C)C)c3)c2)c(=O)n(-c2ccccc2)n1C. The van der Waals surface area contributed by atoms with Crippen molar-refractivity contribution in [3.8, 4) is 5.69 Å². The Morgan fingerprint density at radius 1 is 0.800 bits per heavy atom. The van der Waals surface area contributed by atoms with Crippen molar-refractivity contribution in [2.24, 2.45) is 7.05 Å². The van der Waals surface area contributed by atoms with Crippen molar-refractivity contribution in [2.45, 2.75) is 6.92 Å². The van der Waals surface area contributed by atoms with Gasteiger partial charge in [0.25, 0.3) is 17.4 Å². The summed E-state index contributed by atoms with van der Waals surface area (Å²) >= 11 is 0. The highest BCUT2D eigenvalue weighted by molar-refractivity contribution is 6.07. The zero-order valence-electron chi connectivity index (χ0n) is 20.1. The lowest BCUT2D eigenvalue weighted by Crippen LogP contribution is -2.23. The summed E-state index contributed by atoms with van der Waals surface area (Å²) in [5.41, 5.74) is 3.41. The Morgan fingerprint density at radius 2 is 1.43 bits per heavy atom. The molecule has 35 heavy (non-hydrogen) atoms. The number of anilines is 3. The Morgan fingerprint density at radius 3 is 2.11 bits per heavy atom. The average molecular weight is 470 g/mol. The van der Waals surface area contributed by atoms with Gasteiger partial charge in [-0.1, -0.05) is 30.3 Å². The van der Waals surface area contributed by atoms with Crippen LogP contribution < -0.4 is 21.1 Å². The number of aromatic nitrogens is 2. The second-order valence-corrected chi connectivity index (χ2v) is 8.37. The summed E-state index contributed by atoms with van der Waals surface area (Å²) in [5.74, 6) is -0.724. The molecule has 0 atom stereocenters. The van der Waals surface area contributed by atoms with Crippen LogP contribution in [0.15, 0.2) is 83.7 Å². The van der Waals surface area contributed by atoms with Gasteiger partial charge in [0.05, 0.1) is 11.4 Å². The third-order valence-corrected chi connectivity index (χ3v) is 5.80. The van der Waals surface area contributed by atoms with Crippen molar-refractivity contribution in [3.63, 3.8) is 0 Å². The molecule has 0 saturated heterocycles. The number of carbonyl (C=O) groups is 2. The van der Waals surface area contributed by atoms with Crippen LogP contribution in [-0.2, 0) is 7.05 Å². The van der Waals surface area contributed by atoms with Crippen molar-refractivity contribution >= 4 is 28.9 Å². The van der Waals surface area contributed by atoms with E-state index in [-0.39, 0.29) is 17.2 Å². The molecule has 2 amide bonds. The van der Waals surface area contributed by atoms with Crippen molar-refractivity contribution in [1.82, 2.24) is 9.36 Å². The first-order valence-electron chi connectivity index (χ1n) is 11.1. The molecule has 178 valence electrons. The number of nitrogens with one attached hydrogen (secondary N) is 2. The molecule has 0 aliphatic rings. The molecule has 0 spiro atoms. The monoisotopic (exact) mass is 469 g/mol. The predicted molar refractivity (Wildman–Crippen MR) is 139 cm³/mol. The molecule has 0 saturated carbocycles. The van der Waals surface area contributed by atoms with Gasteiger partial charge in [-0.05, 0) is 55.5 Å². The minimum Gasteiger partial charge on any atom is -0.378 e. The Hall–Kier alpha value is -4.59. The number of amides is 2. The number of para-hydroxylation sites is 1. The summed E-state index contributed by atoms with van der Waals surface area (Å²) in [7, 11) is 5.57. The summed E-state index contributed by atoms with van der Waals surface area (Å²) in [6, 6.07) is 23.1. The quantitative estimate of drug-likeness (QED) is 0.446. The first-order valence-corrected chi connectivity index (χ1v) is 11.1. The van der Waals surface area contributed by atoms with Gasteiger partial charge in [-0.15, -0.1) is 0 Å². The van der Waals surface area contributed by atoms with Crippen LogP contribution in [0.5, 0.6) is 0 Å². The number of rotatable bonds is 6. The minimum atomic E-state index is -0.443. The molecule has 0 bridgehead atoms. The zero-order valence-corrected chi connectivity index (χ0v) is 20.1. The van der Waals surface area contributed by atoms with Crippen molar-refractivity contribution in [2.75, 3.05) is 29.6 Å². The molecule has 0 unspecified atom stereocenters. The van der Waals surface area contributed by atoms with Gasteiger partial charge >= 0.3 is 0 Å². The third kappa shape index (κ3) is 4.86. The molecule has 8 nitrogen and oxygen atoms in total. The second kappa shape index (κ2) is 9.72. The topological polar surface area (TPSA) is 88.4 Å². The molecule has 0 fully saturated rings. The molecular formula is C27H27N5O3. The molecule has 0 aliphatic carbocycles. The van der Waals surface area contributed by atoms with Crippen molar-refractivity contribution in [1.29, 1.82) is 0 Å². The Bertz CT molecular complexity index is 1450. The lowest BCUT2D eigenvalue weighted by atomic mass is 10.1. The molecule has 8 heteroatoms. The Kier molecular flexibility index (Phi) is 6.55. The summed E-state index contributed by atoms with van der Waals surface area (Å²) < 4.78 is 3.20. The lowest BCUT2D eigenvalue weighted by molar-refractivity contribution is 0.101. The minimum absolute atomic E-state index is 0.205. The molecule has 4 aromatic rings. The first-order chi connectivity index (χ1) is 16.8. The van der Waals surface area contributed by atoms with E-state index in [1.807, 2.05) is 61.5 Å². The predicted octanol–water partition coefficient (Wildman–Crippen LogP) is 4.06. The van der Waals surface area contributed by atoms with Crippen LogP contribution in [0.1, 0.15) is 26.4 Å². The summed E-state index contributed by atoms with van der Waals surface area (Å²) in [4.78, 5) is 40.8. The normalized spacial score (nSPS) is 10.6. The largest absolute Gasteiger partial charge is 0.378 e. The van der Waals surface area contributed by atoms with E-state index in [9.17, 15) is 14.4 Å². The molecule has 4 rings (SSSR count). The smallest absolute Gasteiger partial charge is 0.295 e. The van der Waals surface area contributed by atoms with E-state index in [2.05, 4.69) is 10.6 Å². The number of nitrogens with zero attached hydrogens (tertiary/aromatic N) is 3. The Balaban J connectivity index is 1.55. The van der Waals surface area contributed by atoms with Crippen molar-refractivity contribution in [3.05, 3.63) is 106 Å². The maximum absolute atomic E-state index is 13.1. The van der Waals surface area contributed by atoms with E-state index in [1.54, 1.807) is 55.1 Å². The summed E-state index contributed by atoms with van der Waals surface area (Å²) in [6.45, 7) is 1.77. The van der Waals surface area contributed by atoms with Gasteiger partial charge in [-0.25, -0.2) is 4.68 Å². The summed E-state index contributed by atoms with van der Waals surface area (Å²) in [6.07, 6.45) is 0. The number of hydrogen-bond donors (Lipinski definition) is 2. The van der Waals surface area contributed by atoms with E-state index in [1.165, 1.54) is 4.68 Å². The van der Waals surface area contributed by atoms with Crippen molar-refractivity contribution < 1.29 is 9.59 Å². The van der Waals surface area contributed by atoms with Crippen LogP contribution >= 0.6 is 0 Å². The van der Waals surface area contributed by atoms with Crippen LogP contribution in [-0.4, -0.2) is 35.3 Å². The zero-order chi connectivity index (χ0) is 25.1. The number of carbonyl (C=O) groups excluding carboxylic acids is 2. The van der Waals surface area contributed by atoms with Gasteiger partial charge in [0.15, 0.2) is 0 Å². The van der Waals surface area contributed by atoms with E-state index in [0.29, 0.717) is 28.2 Å². The van der Waals surface area contributed by atoms with Crippen LogP contribution in [0, 0.1) is 6.92 Å². The summed E-state index contributed by atoms with van der Waals surface area (Å²) in [5, 5.41) is 5.58. The van der Waals surface area contributed by atoms with Crippen LogP contribution in [0.25, 0.3) is 5.69 Å². The molecule has 1 heterocycles. The maximum Gasteiger partial charge on any atom is 0.295 e. The highest BCUT2D eigenvalue weighted by atomic mass is 16.2. The van der Waals surface area contributed by atoms with Gasteiger partial charge in [0.1, 0.15) is 5.69 Å². The molecular weight excluding hydrogens is 442 g/mol. The van der Waals surface area contributed by atoms with E-state index in [0.717, 1.165) is 5.69 Å². The molecule has 3 aromatic carbocycles. The van der Waals surface area contributed by atoms with E-state index < -0.39 is 5.91 Å². The van der Waals surface area contributed by atoms with Crippen LogP contribution in [0.2, 0.25) is 0 Å². The van der Waals surface area contributed by atoms with E-state index in [4.69, 9.17) is 0 Å². The molecule has 0 radical (unpaired) electrons. The van der Waals surface area contributed by atoms with Crippen LogP contribution in [0.3, 0.4) is 0 Å². The second-order valence-electron chi connectivity index (χ2n) is 8.37. The van der Waals surface area contributed by atoms with E-state index >= 15 is 0 Å². The molecule has 0 aliphatic heterocycles. The maximum atomic E-state index is 13.1. The van der Waals surface area contributed by atoms with Crippen LogP contribution in [0.4, 0.5) is 17.1 Å². The fourth-order valence-corrected chi connectivity index (χ4v) is 3.76. The Labute approximate surface area is 203 Å². The highest BCUT2D eigenvalue weighted by Gasteiger charge is 2.19. The average Bonchev–Trinajstić information content (AvgIpc) is 3.07. The fourth-order valence-electron chi connectivity index (χ4n) is 3.76. The lowest BCUT2D eigenvalue weighted by Gasteiger charge is -2.13. The molecule has 1 aromatic heterocycles. The standard InChI is InChI=1S/C27H27N5O3/c1-18-24(27(35)32(31(18)4)22-13-6-5-7-14-22)29-26(34)19-10-8-12-21(16-19)28-25(33)20-11-9-15-23(17-20)30(2)3/h5-17H,1-4H3,(H,28,33)(H,29,34). The number of benzene rings is 3. The third-order valence-electron chi connectivity index (χ3n) is 5.80. The van der Waals surface area contributed by atoms with Gasteiger partial charge in [0, 0.05) is 43.6 Å². The molecule has 2 N–H and O–H groups in total. The fraction of sp³-hybridized carbons (Fsp3) is 0.148. The van der Waals surface area contributed by atoms with Gasteiger partial charge in [-0.3, -0.25) is 19.1 Å². The van der Waals surface area contributed by atoms with Gasteiger partial charge in [-0.2, -0.15) is 0 Å².